The Morgan fingerprint density at radius 2 is 1.76 bits per heavy atom. The van der Waals surface area contributed by atoms with Crippen LogP contribution in [0.25, 0.3) is 0 Å². The van der Waals surface area contributed by atoms with Crippen molar-refractivity contribution in [1.82, 2.24) is 4.98 Å². The Balaban J connectivity index is 2.37. The van der Waals surface area contributed by atoms with Crippen molar-refractivity contribution in [3.8, 4) is 0 Å². The minimum atomic E-state index is -1.93. The zero-order valence-electron chi connectivity index (χ0n) is 21.0. The van der Waals surface area contributed by atoms with Gasteiger partial charge in [0.05, 0.1) is 31.6 Å². The minimum absolute atomic E-state index is 0.0749. The summed E-state index contributed by atoms with van der Waals surface area (Å²) in [6.07, 6.45) is 2.96. The van der Waals surface area contributed by atoms with E-state index in [9.17, 15) is 9.90 Å². The zero-order chi connectivity index (χ0) is 25.0. The number of hydrogen-bond donors (Lipinski definition) is 1. The summed E-state index contributed by atoms with van der Waals surface area (Å²) in [5.41, 5.74) is 2.51. The Morgan fingerprint density at radius 3 is 2.33 bits per heavy atom. The van der Waals surface area contributed by atoms with Crippen molar-refractivity contribution in [1.29, 1.82) is 0 Å². The van der Waals surface area contributed by atoms with Gasteiger partial charge in [0.25, 0.3) is 0 Å². The van der Waals surface area contributed by atoms with Gasteiger partial charge in [0.1, 0.15) is 5.60 Å². The molecule has 1 heterocycles. The number of carbonyl (C=O) groups is 1. The molecule has 6 nitrogen and oxygen atoms in total. The Morgan fingerprint density at radius 1 is 1.09 bits per heavy atom. The van der Waals surface area contributed by atoms with E-state index in [2.05, 4.69) is 54.8 Å². The van der Waals surface area contributed by atoms with Crippen LogP contribution >= 0.6 is 15.9 Å². The molecule has 1 aromatic heterocycles. The number of aliphatic hydroxyl groups excluding tert-OH is 1. The summed E-state index contributed by atoms with van der Waals surface area (Å²) >= 11 is 3.56. The van der Waals surface area contributed by atoms with Crippen LogP contribution < -0.4 is 4.90 Å². The second-order valence-electron chi connectivity index (χ2n) is 10.8. The summed E-state index contributed by atoms with van der Waals surface area (Å²) in [7, 11) is -1.93. The van der Waals surface area contributed by atoms with Crippen molar-refractivity contribution < 1.29 is 19.1 Å². The lowest BCUT2D eigenvalue weighted by atomic mass is 10.1. The molecule has 0 atom stereocenters. The van der Waals surface area contributed by atoms with E-state index < -0.39 is 20.0 Å². The van der Waals surface area contributed by atoms with Gasteiger partial charge in [-0.3, -0.25) is 9.88 Å². The van der Waals surface area contributed by atoms with Gasteiger partial charge >= 0.3 is 6.09 Å². The van der Waals surface area contributed by atoms with Crippen LogP contribution in [-0.2, 0) is 28.9 Å². The van der Waals surface area contributed by atoms with Gasteiger partial charge in [-0.05, 0) is 67.7 Å². The van der Waals surface area contributed by atoms with Gasteiger partial charge in [0, 0.05) is 10.7 Å². The summed E-state index contributed by atoms with van der Waals surface area (Å²) in [5.74, 6) is 0. The number of ether oxygens (including phenoxy) is 1. The molecule has 0 aliphatic heterocycles. The highest BCUT2D eigenvalue weighted by Gasteiger charge is 2.37. The van der Waals surface area contributed by atoms with Gasteiger partial charge in [0.2, 0.25) is 0 Å². The zero-order valence-corrected chi connectivity index (χ0v) is 23.6. The van der Waals surface area contributed by atoms with Crippen LogP contribution in [0, 0.1) is 0 Å². The van der Waals surface area contributed by atoms with Crippen molar-refractivity contribution in [3.05, 3.63) is 57.8 Å². The van der Waals surface area contributed by atoms with Crippen molar-refractivity contribution >= 4 is 36.0 Å². The average molecular weight is 538 g/mol. The molecular formula is C25H37BrN2O4Si. The predicted octanol–water partition coefficient (Wildman–Crippen LogP) is 6.80. The number of nitrogens with zero attached hydrogens (tertiary/aromatic N) is 2. The third-order valence-corrected chi connectivity index (χ3v) is 11.0. The highest BCUT2D eigenvalue weighted by molar-refractivity contribution is 9.10. The lowest BCUT2D eigenvalue weighted by Gasteiger charge is -2.36. The SMILES string of the molecule is CC(C)(C)OC(=O)N(Cc1cc(CO)ccc1Br)c1cncc(CO[Si](C)(C)C(C)(C)C)c1. The Hall–Kier alpha value is -1.74. The van der Waals surface area contributed by atoms with E-state index in [1.54, 1.807) is 17.3 Å². The van der Waals surface area contributed by atoms with E-state index in [1.807, 2.05) is 45.0 Å². The van der Waals surface area contributed by atoms with Crippen LogP contribution in [0.2, 0.25) is 18.1 Å². The van der Waals surface area contributed by atoms with Crippen LogP contribution in [0.1, 0.15) is 58.2 Å². The summed E-state index contributed by atoms with van der Waals surface area (Å²) in [4.78, 5) is 19.1. The fourth-order valence-corrected chi connectivity index (χ4v) is 4.11. The number of amides is 1. The number of anilines is 1. The van der Waals surface area contributed by atoms with Crippen molar-refractivity contribution in [2.75, 3.05) is 4.90 Å². The molecule has 1 N–H and O–H groups in total. The monoisotopic (exact) mass is 536 g/mol. The third kappa shape index (κ3) is 7.91. The number of benzene rings is 1. The number of carbonyl (C=O) groups excluding carboxylic acids is 1. The Labute approximate surface area is 207 Å². The molecule has 8 heteroatoms. The molecular weight excluding hydrogens is 500 g/mol. The first-order chi connectivity index (χ1) is 15.1. The molecule has 0 aliphatic carbocycles. The number of aliphatic hydroxyl groups is 1. The molecule has 0 saturated carbocycles. The second kappa shape index (κ2) is 10.7. The van der Waals surface area contributed by atoms with E-state index in [0.717, 1.165) is 21.2 Å². The normalized spacial score (nSPS) is 12.5. The highest BCUT2D eigenvalue weighted by Crippen LogP contribution is 2.37. The summed E-state index contributed by atoms with van der Waals surface area (Å²) < 4.78 is 12.9. The van der Waals surface area contributed by atoms with E-state index >= 15 is 0 Å². The molecule has 182 valence electrons. The van der Waals surface area contributed by atoms with Crippen LogP contribution in [-0.4, -0.2) is 30.1 Å². The maximum absolute atomic E-state index is 13.2. The summed E-state index contributed by atoms with van der Waals surface area (Å²) in [6, 6.07) is 7.51. The lowest BCUT2D eigenvalue weighted by molar-refractivity contribution is 0.0577. The fraction of sp³-hybridized carbons (Fsp3) is 0.520. The molecule has 2 aromatic rings. The van der Waals surface area contributed by atoms with Gasteiger partial charge in [-0.2, -0.15) is 0 Å². The molecule has 0 aliphatic rings. The van der Waals surface area contributed by atoms with Gasteiger partial charge in [-0.25, -0.2) is 4.79 Å². The molecule has 33 heavy (non-hydrogen) atoms. The molecule has 0 bridgehead atoms. The maximum Gasteiger partial charge on any atom is 0.415 e. The summed E-state index contributed by atoms with van der Waals surface area (Å²) in [6.45, 7) is 17.2. The number of aromatic nitrogens is 1. The van der Waals surface area contributed by atoms with Crippen LogP contribution in [0.15, 0.2) is 41.1 Å². The number of halogens is 1. The minimum Gasteiger partial charge on any atom is -0.443 e. The second-order valence-corrected chi connectivity index (χ2v) is 16.4. The number of pyridine rings is 1. The Kier molecular flexibility index (Phi) is 8.90. The summed E-state index contributed by atoms with van der Waals surface area (Å²) in [5, 5.41) is 9.65. The molecule has 0 unspecified atom stereocenters. The number of rotatable bonds is 7. The number of hydrogen-bond acceptors (Lipinski definition) is 5. The third-order valence-electron chi connectivity index (χ3n) is 5.73. The molecule has 0 spiro atoms. The van der Waals surface area contributed by atoms with Crippen molar-refractivity contribution in [3.63, 3.8) is 0 Å². The molecule has 1 amide bonds. The average Bonchev–Trinajstić information content (AvgIpc) is 2.69. The van der Waals surface area contributed by atoms with Gasteiger partial charge in [-0.15, -0.1) is 0 Å². The quantitative estimate of drug-likeness (QED) is 0.394. The largest absolute Gasteiger partial charge is 0.443 e. The first kappa shape index (κ1) is 27.5. The maximum atomic E-state index is 13.2. The van der Waals surface area contributed by atoms with Crippen molar-refractivity contribution in [2.24, 2.45) is 0 Å². The first-order valence-electron chi connectivity index (χ1n) is 11.1. The standard InChI is InChI=1S/C25H37BrN2O4Si/c1-24(2,3)32-23(30)28(15-20-11-18(16-29)9-10-22(20)26)21-12-19(13-27-14-21)17-31-33(7,8)25(4,5)6/h9-14,29H,15-17H2,1-8H3. The van der Waals surface area contributed by atoms with E-state index in [-0.39, 0.29) is 18.2 Å². The predicted molar refractivity (Wildman–Crippen MR) is 139 cm³/mol. The smallest absolute Gasteiger partial charge is 0.415 e. The molecule has 0 radical (unpaired) electrons. The topological polar surface area (TPSA) is 71.9 Å². The lowest BCUT2D eigenvalue weighted by Crippen LogP contribution is -2.40. The van der Waals surface area contributed by atoms with Gasteiger partial charge in [-0.1, -0.05) is 48.8 Å². The fourth-order valence-electron chi connectivity index (χ4n) is 2.78. The van der Waals surface area contributed by atoms with Gasteiger partial charge < -0.3 is 14.3 Å². The molecule has 0 fully saturated rings. The van der Waals surface area contributed by atoms with Crippen molar-refractivity contribution in [2.45, 2.75) is 85.0 Å². The van der Waals surface area contributed by atoms with Crippen LogP contribution in [0.5, 0.6) is 0 Å². The highest BCUT2D eigenvalue weighted by atomic mass is 79.9. The van der Waals surface area contributed by atoms with Crippen LogP contribution in [0.4, 0.5) is 10.5 Å². The molecule has 1 aromatic carbocycles. The Bertz CT molecular complexity index is 968. The van der Waals surface area contributed by atoms with E-state index in [1.165, 1.54) is 0 Å². The molecule has 2 rings (SSSR count). The van der Waals surface area contributed by atoms with Gasteiger partial charge in [0.15, 0.2) is 8.32 Å². The van der Waals surface area contributed by atoms with Crippen LogP contribution in [0.3, 0.4) is 0 Å². The van der Waals surface area contributed by atoms with E-state index in [0.29, 0.717) is 12.3 Å². The van der Waals surface area contributed by atoms with E-state index in [4.69, 9.17) is 9.16 Å². The first-order valence-corrected chi connectivity index (χ1v) is 14.8. The molecule has 0 saturated heterocycles.